The second-order valence-electron chi connectivity index (χ2n) is 3.76. The molecule has 0 aromatic carbocycles. The molecule has 1 rings (SSSR count). The maximum atomic E-state index is 12.4. The molecule has 0 radical (unpaired) electrons. The van der Waals surface area contributed by atoms with Crippen LogP contribution in [0.1, 0.15) is 49.6 Å². The van der Waals surface area contributed by atoms with Gasteiger partial charge >= 0.3 is 6.55 Å². The van der Waals surface area contributed by atoms with Crippen LogP contribution in [0.4, 0.5) is 8.78 Å². The minimum atomic E-state index is -2.79. The molecule has 1 aromatic rings. The molecule has 0 aliphatic heterocycles. The molecule has 0 aliphatic carbocycles. The smallest absolute Gasteiger partial charge is 0.333 e. The summed E-state index contributed by atoms with van der Waals surface area (Å²) in [5.74, 6) is -0.501. The van der Waals surface area contributed by atoms with E-state index >= 15 is 0 Å². The van der Waals surface area contributed by atoms with Gasteiger partial charge in [0, 0.05) is 12.7 Å². The first-order valence-electron chi connectivity index (χ1n) is 5.76. The van der Waals surface area contributed by atoms with Crippen LogP contribution in [0.3, 0.4) is 0 Å². The monoisotopic (exact) mass is 245 g/mol. The van der Waals surface area contributed by atoms with Gasteiger partial charge in [-0.2, -0.15) is 18.6 Å². The topological polar surface area (TPSA) is 46.9 Å². The van der Waals surface area contributed by atoms with Crippen molar-refractivity contribution in [1.29, 1.82) is 0 Å². The molecule has 1 N–H and O–H groups in total. The lowest BCUT2D eigenvalue weighted by atomic mass is 10.2. The van der Waals surface area contributed by atoms with E-state index in [2.05, 4.69) is 17.3 Å². The Bertz CT molecular complexity index is 352. The summed E-state index contributed by atoms with van der Waals surface area (Å²) >= 11 is 0. The molecule has 0 fully saturated rings. The van der Waals surface area contributed by atoms with Crippen molar-refractivity contribution in [3.05, 3.63) is 18.0 Å². The van der Waals surface area contributed by atoms with Crippen molar-refractivity contribution >= 4 is 5.91 Å². The SMILES string of the molecule is CCCCCCNC(=O)c1ccnn1C(F)F. The molecular formula is C11H17F2N3O. The zero-order valence-electron chi connectivity index (χ0n) is 9.83. The van der Waals surface area contributed by atoms with E-state index < -0.39 is 12.5 Å². The number of rotatable bonds is 7. The van der Waals surface area contributed by atoms with Gasteiger partial charge in [-0.15, -0.1) is 0 Å². The van der Waals surface area contributed by atoms with E-state index in [1.54, 1.807) is 0 Å². The van der Waals surface area contributed by atoms with Gasteiger partial charge in [-0.1, -0.05) is 26.2 Å². The van der Waals surface area contributed by atoms with Gasteiger partial charge in [0.25, 0.3) is 5.91 Å². The van der Waals surface area contributed by atoms with E-state index in [0.717, 1.165) is 25.7 Å². The fourth-order valence-corrected chi connectivity index (χ4v) is 1.49. The van der Waals surface area contributed by atoms with E-state index in [1.807, 2.05) is 0 Å². The van der Waals surface area contributed by atoms with Gasteiger partial charge in [-0.25, -0.2) is 0 Å². The van der Waals surface area contributed by atoms with Gasteiger partial charge in [0.2, 0.25) is 0 Å². The zero-order valence-corrected chi connectivity index (χ0v) is 9.83. The normalized spacial score (nSPS) is 10.8. The molecule has 6 heteroatoms. The summed E-state index contributed by atoms with van der Waals surface area (Å²) in [7, 11) is 0. The van der Waals surface area contributed by atoms with Crippen LogP contribution in [-0.2, 0) is 0 Å². The minimum absolute atomic E-state index is 0.101. The third kappa shape index (κ3) is 4.13. The van der Waals surface area contributed by atoms with Crippen molar-refractivity contribution in [1.82, 2.24) is 15.1 Å². The number of amides is 1. The number of unbranched alkanes of at least 4 members (excludes halogenated alkanes) is 3. The van der Waals surface area contributed by atoms with Gasteiger partial charge < -0.3 is 5.32 Å². The number of carbonyl (C=O) groups excluding carboxylic acids is 1. The van der Waals surface area contributed by atoms with Crippen molar-refractivity contribution in [2.24, 2.45) is 0 Å². The van der Waals surface area contributed by atoms with E-state index in [1.165, 1.54) is 12.3 Å². The van der Waals surface area contributed by atoms with Crippen molar-refractivity contribution < 1.29 is 13.6 Å². The van der Waals surface area contributed by atoms with Gasteiger partial charge in [0.1, 0.15) is 5.69 Å². The third-order valence-electron chi connectivity index (χ3n) is 2.40. The van der Waals surface area contributed by atoms with E-state index in [0.29, 0.717) is 11.2 Å². The molecule has 17 heavy (non-hydrogen) atoms. The van der Waals surface area contributed by atoms with Crippen LogP contribution in [0.25, 0.3) is 0 Å². The minimum Gasteiger partial charge on any atom is -0.351 e. The van der Waals surface area contributed by atoms with Gasteiger partial charge in [-0.05, 0) is 12.5 Å². The average Bonchev–Trinajstić information content (AvgIpc) is 2.77. The van der Waals surface area contributed by atoms with Crippen LogP contribution in [0.2, 0.25) is 0 Å². The molecule has 0 bridgehead atoms. The highest BCUT2D eigenvalue weighted by Gasteiger charge is 2.17. The van der Waals surface area contributed by atoms with Crippen LogP contribution in [0.15, 0.2) is 12.3 Å². The van der Waals surface area contributed by atoms with Crippen LogP contribution in [-0.4, -0.2) is 22.2 Å². The second-order valence-corrected chi connectivity index (χ2v) is 3.76. The highest BCUT2D eigenvalue weighted by molar-refractivity contribution is 5.92. The van der Waals surface area contributed by atoms with E-state index in [9.17, 15) is 13.6 Å². The van der Waals surface area contributed by atoms with Crippen molar-refractivity contribution in [3.63, 3.8) is 0 Å². The summed E-state index contributed by atoms with van der Waals surface area (Å²) in [6.07, 6.45) is 5.32. The van der Waals surface area contributed by atoms with Crippen LogP contribution < -0.4 is 5.32 Å². The first kappa shape index (κ1) is 13.6. The predicted molar refractivity (Wildman–Crippen MR) is 60.0 cm³/mol. The Hall–Kier alpha value is -1.46. The Kier molecular flexibility index (Phi) is 5.59. The summed E-state index contributed by atoms with van der Waals surface area (Å²) in [5, 5.41) is 6.01. The lowest BCUT2D eigenvalue weighted by Gasteiger charge is -2.07. The number of alkyl halides is 2. The third-order valence-corrected chi connectivity index (χ3v) is 2.40. The molecule has 0 saturated heterocycles. The van der Waals surface area contributed by atoms with Gasteiger partial charge in [0.05, 0.1) is 0 Å². The number of nitrogens with one attached hydrogen (secondary N) is 1. The maximum absolute atomic E-state index is 12.4. The molecule has 0 aliphatic rings. The van der Waals surface area contributed by atoms with Gasteiger partial charge in [0.15, 0.2) is 0 Å². The quantitative estimate of drug-likeness (QED) is 0.750. The Morgan fingerprint density at radius 3 is 2.88 bits per heavy atom. The van der Waals surface area contributed by atoms with E-state index in [4.69, 9.17) is 0 Å². The van der Waals surface area contributed by atoms with Gasteiger partial charge in [-0.3, -0.25) is 4.79 Å². The zero-order chi connectivity index (χ0) is 12.7. The predicted octanol–water partition coefficient (Wildman–Crippen LogP) is 2.59. The Morgan fingerprint density at radius 1 is 1.47 bits per heavy atom. The fraction of sp³-hybridized carbons (Fsp3) is 0.636. The molecule has 96 valence electrons. The molecule has 4 nitrogen and oxygen atoms in total. The molecule has 0 atom stereocenters. The standard InChI is InChI=1S/C11H17F2N3O/c1-2-3-4-5-7-14-10(17)9-6-8-15-16(9)11(12)13/h6,8,11H,2-5,7H2,1H3,(H,14,17). The maximum Gasteiger partial charge on any atom is 0.333 e. The molecule has 0 saturated carbocycles. The lowest BCUT2D eigenvalue weighted by Crippen LogP contribution is -2.27. The number of aromatic nitrogens is 2. The molecule has 0 spiro atoms. The van der Waals surface area contributed by atoms with Crippen LogP contribution >= 0.6 is 0 Å². The molecular weight excluding hydrogens is 228 g/mol. The Morgan fingerprint density at radius 2 is 2.24 bits per heavy atom. The fourth-order valence-electron chi connectivity index (χ4n) is 1.49. The molecule has 1 amide bonds. The summed E-state index contributed by atoms with van der Waals surface area (Å²) < 4.78 is 25.3. The summed E-state index contributed by atoms with van der Waals surface area (Å²) in [5.41, 5.74) is -0.101. The number of nitrogens with zero attached hydrogens (tertiary/aromatic N) is 2. The summed E-state index contributed by atoms with van der Waals surface area (Å²) in [4.78, 5) is 11.6. The average molecular weight is 245 g/mol. The number of halogens is 2. The first-order chi connectivity index (χ1) is 8.16. The Labute approximate surface area is 99.0 Å². The largest absolute Gasteiger partial charge is 0.351 e. The van der Waals surface area contributed by atoms with Crippen molar-refractivity contribution in [3.8, 4) is 0 Å². The van der Waals surface area contributed by atoms with Crippen LogP contribution in [0, 0.1) is 0 Å². The first-order valence-corrected chi connectivity index (χ1v) is 5.76. The lowest BCUT2D eigenvalue weighted by molar-refractivity contribution is 0.0509. The summed E-state index contributed by atoms with van der Waals surface area (Å²) in [6, 6.07) is 1.29. The van der Waals surface area contributed by atoms with E-state index in [-0.39, 0.29) is 5.69 Å². The number of hydrogen-bond donors (Lipinski definition) is 1. The highest BCUT2D eigenvalue weighted by Crippen LogP contribution is 2.11. The highest BCUT2D eigenvalue weighted by atomic mass is 19.3. The second kappa shape index (κ2) is 6.98. The molecule has 1 heterocycles. The van der Waals surface area contributed by atoms with Crippen LogP contribution in [0.5, 0.6) is 0 Å². The Balaban J connectivity index is 2.39. The van der Waals surface area contributed by atoms with Crippen molar-refractivity contribution in [2.75, 3.05) is 6.54 Å². The number of hydrogen-bond acceptors (Lipinski definition) is 2. The summed E-state index contributed by atoms with van der Waals surface area (Å²) in [6.45, 7) is -0.182. The molecule has 0 unspecified atom stereocenters. The molecule has 1 aromatic heterocycles. The number of carbonyl (C=O) groups is 1. The van der Waals surface area contributed by atoms with Crippen molar-refractivity contribution in [2.45, 2.75) is 39.2 Å².